The van der Waals surface area contributed by atoms with Gasteiger partial charge in [0.2, 0.25) is 0 Å². The van der Waals surface area contributed by atoms with Crippen LogP contribution in [0.2, 0.25) is 0 Å². The van der Waals surface area contributed by atoms with Gasteiger partial charge in [0.1, 0.15) is 0 Å². The van der Waals surface area contributed by atoms with Crippen molar-refractivity contribution < 1.29 is 9.90 Å². The van der Waals surface area contributed by atoms with Crippen LogP contribution in [0.4, 0.5) is 5.69 Å². The Hall–Kier alpha value is -2.88. The molecule has 0 radical (unpaired) electrons. The number of hydrogen-bond acceptors (Lipinski definition) is 3. The Labute approximate surface area is 122 Å². The minimum Gasteiger partial charge on any atom is -0.478 e. The third-order valence-electron chi connectivity index (χ3n) is 3.37. The highest BCUT2D eigenvalue weighted by atomic mass is 16.4. The Morgan fingerprint density at radius 3 is 2.67 bits per heavy atom. The molecule has 4 heteroatoms. The number of pyridine rings is 1. The number of benzene rings is 2. The Kier molecular flexibility index (Phi) is 3.51. The van der Waals surface area contributed by atoms with Gasteiger partial charge in [-0.3, -0.25) is 4.98 Å². The van der Waals surface area contributed by atoms with Gasteiger partial charge in [0, 0.05) is 23.8 Å². The fourth-order valence-corrected chi connectivity index (χ4v) is 2.32. The van der Waals surface area contributed by atoms with Crippen LogP contribution in [0.25, 0.3) is 10.9 Å². The summed E-state index contributed by atoms with van der Waals surface area (Å²) in [5.74, 6) is -0.933. The molecule has 1 heterocycles. The number of aromatic carboxylic acids is 1. The lowest BCUT2D eigenvalue weighted by Crippen LogP contribution is -2.06. The van der Waals surface area contributed by atoms with Crippen molar-refractivity contribution in [2.75, 3.05) is 5.32 Å². The van der Waals surface area contributed by atoms with Crippen molar-refractivity contribution in [2.24, 2.45) is 0 Å². The van der Waals surface area contributed by atoms with E-state index in [2.05, 4.69) is 10.3 Å². The molecule has 21 heavy (non-hydrogen) atoms. The van der Waals surface area contributed by atoms with Crippen LogP contribution in [0.5, 0.6) is 0 Å². The van der Waals surface area contributed by atoms with E-state index in [4.69, 9.17) is 0 Å². The first-order chi connectivity index (χ1) is 10.3. The second kappa shape index (κ2) is 5.63. The van der Waals surface area contributed by atoms with Crippen LogP contribution in [0.1, 0.15) is 15.9 Å². The number of nitrogens with one attached hydrogen (secondary N) is 1. The van der Waals surface area contributed by atoms with Crippen LogP contribution in [0.3, 0.4) is 0 Å². The summed E-state index contributed by atoms with van der Waals surface area (Å²) < 4.78 is 0. The molecule has 2 N–H and O–H groups in total. The van der Waals surface area contributed by atoms with Crippen molar-refractivity contribution in [3.8, 4) is 0 Å². The average Bonchev–Trinajstić information content (AvgIpc) is 2.53. The van der Waals surface area contributed by atoms with Crippen molar-refractivity contribution in [3.05, 3.63) is 71.9 Å². The van der Waals surface area contributed by atoms with Gasteiger partial charge < -0.3 is 10.4 Å². The zero-order valence-electron chi connectivity index (χ0n) is 11.3. The van der Waals surface area contributed by atoms with E-state index >= 15 is 0 Å². The largest absolute Gasteiger partial charge is 0.478 e. The highest BCUT2D eigenvalue weighted by Crippen LogP contribution is 2.20. The van der Waals surface area contributed by atoms with Gasteiger partial charge >= 0.3 is 5.97 Å². The number of rotatable bonds is 4. The number of fused-ring (bicyclic) bond motifs is 1. The Morgan fingerprint density at radius 1 is 1.05 bits per heavy atom. The van der Waals surface area contributed by atoms with Crippen molar-refractivity contribution in [3.63, 3.8) is 0 Å². The molecule has 0 saturated heterocycles. The number of para-hydroxylation sites is 2. The summed E-state index contributed by atoms with van der Waals surface area (Å²) in [5.41, 5.74) is 2.91. The molecule has 0 saturated carbocycles. The number of aromatic nitrogens is 1. The fourth-order valence-electron chi connectivity index (χ4n) is 2.32. The third-order valence-corrected chi connectivity index (χ3v) is 3.37. The molecule has 0 bridgehead atoms. The molecule has 0 unspecified atom stereocenters. The second-order valence-corrected chi connectivity index (χ2v) is 4.69. The van der Waals surface area contributed by atoms with Crippen LogP contribution in [0, 0.1) is 0 Å². The number of carbonyl (C=O) groups is 1. The minimum absolute atomic E-state index is 0.274. The first-order valence-electron chi connectivity index (χ1n) is 6.64. The quantitative estimate of drug-likeness (QED) is 0.766. The lowest BCUT2D eigenvalue weighted by atomic mass is 10.1. The van der Waals surface area contributed by atoms with E-state index in [0.717, 1.165) is 16.5 Å². The highest BCUT2D eigenvalue weighted by Gasteiger charge is 2.09. The lowest BCUT2D eigenvalue weighted by Gasteiger charge is -2.11. The van der Waals surface area contributed by atoms with Crippen LogP contribution in [-0.2, 0) is 6.54 Å². The van der Waals surface area contributed by atoms with Gasteiger partial charge in [0.25, 0.3) is 0 Å². The molecule has 0 aliphatic rings. The van der Waals surface area contributed by atoms with Gasteiger partial charge in [0.05, 0.1) is 11.1 Å². The van der Waals surface area contributed by atoms with Gasteiger partial charge in [-0.05, 0) is 29.8 Å². The zero-order valence-corrected chi connectivity index (χ0v) is 11.3. The van der Waals surface area contributed by atoms with E-state index in [9.17, 15) is 9.90 Å². The number of anilines is 1. The van der Waals surface area contributed by atoms with Gasteiger partial charge in [0.15, 0.2) is 0 Å². The smallest absolute Gasteiger partial charge is 0.337 e. The van der Waals surface area contributed by atoms with Crippen LogP contribution < -0.4 is 5.32 Å². The summed E-state index contributed by atoms with van der Waals surface area (Å²) in [4.78, 5) is 15.5. The van der Waals surface area contributed by atoms with Gasteiger partial charge in [-0.25, -0.2) is 4.79 Å². The Morgan fingerprint density at radius 2 is 1.81 bits per heavy atom. The van der Waals surface area contributed by atoms with Crippen molar-refractivity contribution in [2.45, 2.75) is 6.54 Å². The van der Waals surface area contributed by atoms with E-state index in [1.165, 1.54) is 0 Å². The topological polar surface area (TPSA) is 62.2 Å². The molecule has 0 aliphatic carbocycles. The molecule has 2 aromatic carbocycles. The molecule has 0 aliphatic heterocycles. The van der Waals surface area contributed by atoms with E-state index < -0.39 is 5.97 Å². The molecule has 4 nitrogen and oxygen atoms in total. The Bertz CT molecular complexity index is 794. The highest BCUT2D eigenvalue weighted by molar-refractivity contribution is 5.94. The molecule has 0 spiro atoms. The van der Waals surface area contributed by atoms with Crippen LogP contribution >= 0.6 is 0 Å². The van der Waals surface area contributed by atoms with Crippen LogP contribution in [-0.4, -0.2) is 16.1 Å². The zero-order chi connectivity index (χ0) is 14.7. The van der Waals surface area contributed by atoms with Crippen molar-refractivity contribution in [1.29, 1.82) is 0 Å². The molecular weight excluding hydrogens is 264 g/mol. The maximum Gasteiger partial charge on any atom is 0.337 e. The van der Waals surface area contributed by atoms with Gasteiger partial charge in [-0.2, -0.15) is 0 Å². The first kappa shape index (κ1) is 13.1. The van der Waals surface area contributed by atoms with E-state index in [1.807, 2.05) is 36.4 Å². The summed E-state index contributed by atoms with van der Waals surface area (Å²) in [6.07, 6.45) is 1.77. The number of nitrogens with zero attached hydrogens (tertiary/aromatic N) is 1. The van der Waals surface area contributed by atoms with Gasteiger partial charge in [-0.15, -0.1) is 0 Å². The maximum absolute atomic E-state index is 11.2. The average molecular weight is 278 g/mol. The predicted molar refractivity (Wildman–Crippen MR) is 82.5 cm³/mol. The first-order valence-corrected chi connectivity index (χ1v) is 6.64. The third kappa shape index (κ3) is 2.69. The second-order valence-electron chi connectivity index (χ2n) is 4.69. The van der Waals surface area contributed by atoms with E-state index in [-0.39, 0.29) is 5.56 Å². The SMILES string of the molecule is O=C(O)c1ccccc1NCc1ccnc2ccccc12. The molecule has 0 amide bonds. The number of carboxylic acids is 1. The number of hydrogen-bond donors (Lipinski definition) is 2. The van der Waals surface area contributed by atoms with Gasteiger partial charge in [-0.1, -0.05) is 30.3 Å². The van der Waals surface area contributed by atoms with Crippen molar-refractivity contribution >= 4 is 22.6 Å². The molecule has 3 rings (SSSR count). The fraction of sp³-hybridized carbons (Fsp3) is 0.0588. The summed E-state index contributed by atoms with van der Waals surface area (Å²) >= 11 is 0. The number of carboxylic acid groups (broad SMARTS) is 1. The minimum atomic E-state index is -0.933. The monoisotopic (exact) mass is 278 g/mol. The van der Waals surface area contributed by atoms with E-state index in [1.54, 1.807) is 24.4 Å². The molecule has 1 aromatic heterocycles. The predicted octanol–water partition coefficient (Wildman–Crippen LogP) is 3.55. The summed E-state index contributed by atoms with van der Waals surface area (Å²) in [7, 11) is 0. The summed E-state index contributed by atoms with van der Waals surface area (Å²) in [6.45, 7) is 0.549. The Balaban J connectivity index is 1.89. The summed E-state index contributed by atoms with van der Waals surface area (Å²) in [6, 6.07) is 16.7. The normalized spacial score (nSPS) is 10.5. The van der Waals surface area contributed by atoms with E-state index in [0.29, 0.717) is 12.2 Å². The summed E-state index contributed by atoms with van der Waals surface area (Å²) in [5, 5.41) is 13.4. The molecule has 0 fully saturated rings. The standard InChI is InChI=1S/C17H14N2O2/c20-17(21)14-6-2-4-8-16(14)19-11-12-9-10-18-15-7-3-1-5-13(12)15/h1-10,19H,11H2,(H,20,21). The van der Waals surface area contributed by atoms with Crippen LogP contribution in [0.15, 0.2) is 60.8 Å². The molecular formula is C17H14N2O2. The molecule has 0 atom stereocenters. The maximum atomic E-state index is 11.2. The molecule has 104 valence electrons. The lowest BCUT2D eigenvalue weighted by molar-refractivity contribution is 0.0698. The van der Waals surface area contributed by atoms with Crippen molar-refractivity contribution in [1.82, 2.24) is 4.98 Å². The molecule has 3 aromatic rings.